The van der Waals surface area contributed by atoms with E-state index in [9.17, 15) is 9.59 Å². The van der Waals surface area contributed by atoms with Gasteiger partial charge in [-0.15, -0.1) is 0 Å². The lowest BCUT2D eigenvalue weighted by Crippen LogP contribution is -2.39. The lowest BCUT2D eigenvalue weighted by molar-refractivity contribution is -0.126. The number of ketones is 1. The van der Waals surface area contributed by atoms with E-state index in [1.54, 1.807) is 4.90 Å². The van der Waals surface area contributed by atoms with Crippen LogP contribution in [0.25, 0.3) is 0 Å². The maximum absolute atomic E-state index is 12.9. The molecule has 28 heavy (non-hydrogen) atoms. The van der Waals surface area contributed by atoms with Gasteiger partial charge in [-0.2, -0.15) is 0 Å². The van der Waals surface area contributed by atoms with E-state index in [0.29, 0.717) is 18.7 Å². The molecule has 1 amide bonds. The van der Waals surface area contributed by atoms with Crippen molar-refractivity contribution in [1.29, 1.82) is 0 Å². The van der Waals surface area contributed by atoms with Crippen molar-refractivity contribution in [3.05, 3.63) is 51.4 Å². The van der Waals surface area contributed by atoms with Crippen LogP contribution in [0.1, 0.15) is 50.5 Å². The Morgan fingerprint density at radius 1 is 1.00 bits per heavy atom. The Hall–Kier alpha value is -2.47. The van der Waals surface area contributed by atoms with Gasteiger partial charge < -0.3 is 9.42 Å². The maximum atomic E-state index is 12.9. The molecule has 0 N–H and O–H groups in total. The van der Waals surface area contributed by atoms with Crippen molar-refractivity contribution in [2.45, 2.75) is 47.6 Å². The Bertz CT molecular complexity index is 858. The van der Waals surface area contributed by atoms with Crippen LogP contribution in [0.15, 0.2) is 16.7 Å². The first-order valence-electron chi connectivity index (χ1n) is 9.83. The van der Waals surface area contributed by atoms with Crippen molar-refractivity contribution >= 4 is 11.7 Å². The summed E-state index contributed by atoms with van der Waals surface area (Å²) < 4.78 is 5.25. The molecule has 6 nitrogen and oxygen atoms in total. The fourth-order valence-corrected chi connectivity index (χ4v) is 4.07. The second-order valence-electron chi connectivity index (χ2n) is 7.83. The Kier molecular flexibility index (Phi) is 5.98. The molecule has 1 saturated heterocycles. The summed E-state index contributed by atoms with van der Waals surface area (Å²) in [7, 11) is 0. The van der Waals surface area contributed by atoms with E-state index < -0.39 is 11.7 Å². The molecule has 2 heterocycles. The van der Waals surface area contributed by atoms with Gasteiger partial charge in [0.15, 0.2) is 0 Å². The van der Waals surface area contributed by atoms with Crippen molar-refractivity contribution < 1.29 is 14.1 Å². The summed E-state index contributed by atoms with van der Waals surface area (Å²) in [5.74, 6) is 0.0543. The summed E-state index contributed by atoms with van der Waals surface area (Å²) >= 11 is 0. The van der Waals surface area contributed by atoms with E-state index >= 15 is 0 Å². The molecule has 3 rings (SSSR count). The third-order valence-electron chi connectivity index (χ3n) is 5.54. The van der Waals surface area contributed by atoms with Gasteiger partial charge in [0.1, 0.15) is 5.76 Å². The zero-order chi connectivity index (χ0) is 20.4. The zero-order valence-electron chi connectivity index (χ0n) is 17.5. The normalized spacial score (nSPS) is 15.5. The van der Waals surface area contributed by atoms with Gasteiger partial charge in [-0.05, 0) is 52.2 Å². The summed E-state index contributed by atoms with van der Waals surface area (Å²) in [6.07, 6.45) is 0.842. The first kappa shape index (κ1) is 20.3. The monoisotopic (exact) mass is 383 g/mol. The van der Waals surface area contributed by atoms with Crippen LogP contribution in [0.2, 0.25) is 0 Å². The number of aromatic nitrogens is 1. The number of carbonyl (C=O) groups is 2. The molecule has 0 bridgehead atoms. The Balaban J connectivity index is 1.68. The van der Waals surface area contributed by atoms with Crippen LogP contribution in [0.5, 0.6) is 0 Å². The number of nitrogens with zero attached hydrogens (tertiary/aromatic N) is 3. The average Bonchev–Trinajstić information content (AvgIpc) is 2.83. The van der Waals surface area contributed by atoms with E-state index in [2.05, 4.69) is 10.1 Å². The van der Waals surface area contributed by atoms with Gasteiger partial charge in [-0.3, -0.25) is 14.5 Å². The van der Waals surface area contributed by atoms with E-state index in [-0.39, 0.29) is 0 Å². The quantitative estimate of drug-likeness (QED) is 0.599. The number of amides is 1. The number of carbonyl (C=O) groups excluding carboxylic acids is 2. The molecule has 0 spiro atoms. The van der Waals surface area contributed by atoms with Crippen LogP contribution in [-0.4, -0.2) is 52.8 Å². The number of Topliss-reactive ketones (excluding diaryl/α,β-unsaturated/α-hetero) is 1. The predicted octanol–water partition coefficient (Wildman–Crippen LogP) is 3.13. The largest absolute Gasteiger partial charge is 0.361 e. The summed E-state index contributed by atoms with van der Waals surface area (Å²) in [5, 5.41) is 4.02. The average molecular weight is 383 g/mol. The third-order valence-corrected chi connectivity index (χ3v) is 5.54. The van der Waals surface area contributed by atoms with Gasteiger partial charge in [0.25, 0.3) is 11.7 Å². The second kappa shape index (κ2) is 8.27. The van der Waals surface area contributed by atoms with E-state index in [1.807, 2.05) is 46.8 Å². The highest BCUT2D eigenvalue weighted by Gasteiger charge is 2.28. The molecule has 0 saturated carbocycles. The number of hydrogen-bond acceptors (Lipinski definition) is 5. The van der Waals surface area contributed by atoms with Crippen molar-refractivity contribution in [3.63, 3.8) is 0 Å². The van der Waals surface area contributed by atoms with E-state index in [1.165, 1.54) is 0 Å². The highest BCUT2D eigenvalue weighted by Crippen LogP contribution is 2.19. The molecule has 1 aromatic carbocycles. The van der Waals surface area contributed by atoms with Crippen LogP contribution < -0.4 is 0 Å². The Morgan fingerprint density at radius 3 is 2.29 bits per heavy atom. The minimum absolute atomic E-state index is 0.394. The number of rotatable bonds is 4. The third kappa shape index (κ3) is 4.17. The van der Waals surface area contributed by atoms with Gasteiger partial charge in [-0.1, -0.05) is 22.9 Å². The molecule has 1 fully saturated rings. The summed E-state index contributed by atoms with van der Waals surface area (Å²) in [6, 6.07) is 3.92. The smallest absolute Gasteiger partial charge is 0.295 e. The molecule has 0 unspecified atom stereocenters. The van der Waals surface area contributed by atoms with E-state index in [4.69, 9.17) is 4.52 Å². The molecular formula is C22H29N3O3. The van der Waals surface area contributed by atoms with Crippen LogP contribution in [0.3, 0.4) is 0 Å². The summed E-state index contributed by atoms with van der Waals surface area (Å²) in [4.78, 5) is 29.8. The van der Waals surface area contributed by atoms with Gasteiger partial charge in [0.05, 0.1) is 5.69 Å². The molecule has 1 aliphatic rings. The van der Waals surface area contributed by atoms with Gasteiger partial charge in [0, 0.05) is 43.9 Å². The van der Waals surface area contributed by atoms with Crippen LogP contribution in [0.4, 0.5) is 0 Å². The highest BCUT2D eigenvalue weighted by atomic mass is 16.5. The first-order valence-corrected chi connectivity index (χ1v) is 9.83. The Morgan fingerprint density at radius 2 is 1.68 bits per heavy atom. The van der Waals surface area contributed by atoms with E-state index in [0.717, 1.165) is 59.8 Å². The highest BCUT2D eigenvalue weighted by molar-refractivity contribution is 6.43. The molecule has 0 atom stereocenters. The van der Waals surface area contributed by atoms with Crippen LogP contribution >= 0.6 is 0 Å². The molecule has 0 radical (unpaired) electrons. The fourth-order valence-electron chi connectivity index (χ4n) is 4.07. The van der Waals surface area contributed by atoms with Crippen molar-refractivity contribution in [3.8, 4) is 0 Å². The summed E-state index contributed by atoms with van der Waals surface area (Å²) in [5.41, 5.74) is 5.41. The molecule has 150 valence electrons. The lowest BCUT2D eigenvalue weighted by Gasteiger charge is -2.22. The summed E-state index contributed by atoms with van der Waals surface area (Å²) in [6.45, 7) is 13.2. The zero-order valence-corrected chi connectivity index (χ0v) is 17.5. The Labute approximate surface area is 166 Å². The second-order valence-corrected chi connectivity index (χ2v) is 7.83. The van der Waals surface area contributed by atoms with Crippen molar-refractivity contribution in [2.75, 3.05) is 26.2 Å². The van der Waals surface area contributed by atoms with Crippen molar-refractivity contribution in [1.82, 2.24) is 15.0 Å². The van der Waals surface area contributed by atoms with Crippen LogP contribution in [-0.2, 0) is 11.3 Å². The fraction of sp³-hybridized carbons (Fsp3) is 0.500. The first-order chi connectivity index (χ1) is 13.3. The minimum Gasteiger partial charge on any atom is -0.361 e. The van der Waals surface area contributed by atoms with Crippen molar-refractivity contribution in [2.24, 2.45) is 0 Å². The molecule has 6 heteroatoms. The van der Waals surface area contributed by atoms with Gasteiger partial charge in [-0.25, -0.2) is 0 Å². The maximum Gasteiger partial charge on any atom is 0.295 e. The molecule has 2 aromatic rings. The molecular weight excluding hydrogens is 354 g/mol. The van der Waals surface area contributed by atoms with Crippen LogP contribution in [0, 0.1) is 34.6 Å². The molecule has 1 aromatic heterocycles. The number of aryl methyl sites for hydroxylation is 5. The standard InChI is InChI=1S/C22H29N3O3/c1-14-11-15(2)20(16(3)12-14)21(26)22(27)25-8-6-7-24(9-10-25)13-19-17(4)23-28-18(19)5/h11-12H,6-10,13H2,1-5H3. The predicted molar refractivity (Wildman–Crippen MR) is 107 cm³/mol. The molecule has 1 aliphatic heterocycles. The topological polar surface area (TPSA) is 66.7 Å². The minimum atomic E-state index is -0.394. The SMILES string of the molecule is Cc1cc(C)c(C(=O)C(=O)N2CCCN(Cc3c(C)noc3C)CC2)c(C)c1. The van der Waals surface area contributed by atoms with Gasteiger partial charge >= 0.3 is 0 Å². The number of benzene rings is 1. The number of hydrogen-bond donors (Lipinski definition) is 0. The van der Waals surface area contributed by atoms with Gasteiger partial charge in [0.2, 0.25) is 0 Å². The molecule has 0 aliphatic carbocycles. The lowest BCUT2D eigenvalue weighted by atomic mass is 9.96.